The third kappa shape index (κ3) is 3.54. The summed E-state index contributed by atoms with van der Waals surface area (Å²) in [5, 5.41) is 6.39. The van der Waals surface area contributed by atoms with Crippen LogP contribution in [-0.4, -0.2) is 56.7 Å². The minimum atomic E-state index is -0.152. The summed E-state index contributed by atoms with van der Waals surface area (Å²) in [4.78, 5) is 14.7. The summed E-state index contributed by atoms with van der Waals surface area (Å²) in [5.41, 5.74) is 1.01. The molecule has 1 atom stereocenters. The SMILES string of the molecule is O=C(NCCCN1CCNCC1)C1COc2ccccc21. The van der Waals surface area contributed by atoms with Gasteiger partial charge in [0, 0.05) is 38.3 Å². The number of para-hydroxylation sites is 1. The lowest BCUT2D eigenvalue weighted by atomic mass is 10.0. The lowest BCUT2D eigenvalue weighted by Gasteiger charge is -2.27. The summed E-state index contributed by atoms with van der Waals surface area (Å²) in [5.74, 6) is 0.777. The normalized spacial score (nSPS) is 21.6. The molecule has 0 aromatic heterocycles. The fourth-order valence-corrected chi connectivity index (χ4v) is 2.95. The molecule has 1 unspecified atom stereocenters. The molecule has 0 saturated carbocycles. The van der Waals surface area contributed by atoms with Crippen molar-refractivity contribution in [1.29, 1.82) is 0 Å². The highest BCUT2D eigenvalue weighted by Gasteiger charge is 2.29. The molecule has 114 valence electrons. The second kappa shape index (κ2) is 6.91. The number of hydrogen-bond donors (Lipinski definition) is 2. The molecule has 5 heteroatoms. The molecule has 1 aromatic carbocycles. The Morgan fingerprint density at radius 3 is 3.00 bits per heavy atom. The fourth-order valence-electron chi connectivity index (χ4n) is 2.95. The second-order valence-corrected chi connectivity index (χ2v) is 5.64. The van der Waals surface area contributed by atoms with Crippen LogP contribution in [0.25, 0.3) is 0 Å². The van der Waals surface area contributed by atoms with Crippen LogP contribution in [0.15, 0.2) is 24.3 Å². The highest BCUT2D eigenvalue weighted by atomic mass is 16.5. The van der Waals surface area contributed by atoms with Crippen molar-refractivity contribution in [2.24, 2.45) is 0 Å². The van der Waals surface area contributed by atoms with E-state index in [4.69, 9.17) is 4.74 Å². The minimum absolute atomic E-state index is 0.0836. The van der Waals surface area contributed by atoms with Crippen LogP contribution in [0.1, 0.15) is 17.9 Å². The number of nitrogens with zero attached hydrogens (tertiary/aromatic N) is 1. The van der Waals surface area contributed by atoms with E-state index in [0.717, 1.165) is 57.0 Å². The number of rotatable bonds is 5. The largest absolute Gasteiger partial charge is 0.492 e. The molecule has 1 saturated heterocycles. The number of carbonyl (C=O) groups is 1. The number of fused-ring (bicyclic) bond motifs is 1. The van der Waals surface area contributed by atoms with Crippen LogP contribution in [0, 0.1) is 0 Å². The van der Waals surface area contributed by atoms with E-state index in [1.807, 2.05) is 24.3 Å². The third-order valence-electron chi connectivity index (χ3n) is 4.18. The molecule has 2 aliphatic heterocycles. The summed E-state index contributed by atoms with van der Waals surface area (Å²) in [7, 11) is 0. The Hall–Kier alpha value is -1.59. The quantitative estimate of drug-likeness (QED) is 0.778. The van der Waals surface area contributed by atoms with Gasteiger partial charge in [0.2, 0.25) is 5.91 Å². The van der Waals surface area contributed by atoms with Crippen molar-refractivity contribution in [1.82, 2.24) is 15.5 Å². The van der Waals surface area contributed by atoms with E-state index >= 15 is 0 Å². The summed E-state index contributed by atoms with van der Waals surface area (Å²) in [6.07, 6.45) is 1.00. The van der Waals surface area contributed by atoms with Crippen LogP contribution in [0.2, 0.25) is 0 Å². The fraction of sp³-hybridized carbons (Fsp3) is 0.562. The lowest BCUT2D eigenvalue weighted by Crippen LogP contribution is -2.44. The van der Waals surface area contributed by atoms with E-state index in [2.05, 4.69) is 15.5 Å². The highest BCUT2D eigenvalue weighted by molar-refractivity contribution is 5.85. The molecule has 3 rings (SSSR count). The first-order valence-electron chi connectivity index (χ1n) is 7.77. The van der Waals surface area contributed by atoms with Crippen LogP contribution in [0.4, 0.5) is 0 Å². The molecule has 0 bridgehead atoms. The van der Waals surface area contributed by atoms with E-state index in [1.54, 1.807) is 0 Å². The number of ether oxygens (including phenoxy) is 1. The van der Waals surface area contributed by atoms with E-state index in [-0.39, 0.29) is 11.8 Å². The first kappa shape index (κ1) is 14.4. The standard InChI is InChI=1S/C16H23N3O2/c20-16(14-12-21-15-5-2-1-4-13(14)15)18-6-3-9-19-10-7-17-8-11-19/h1-2,4-5,14,17H,3,6-12H2,(H,18,20). The second-order valence-electron chi connectivity index (χ2n) is 5.64. The number of hydrogen-bond acceptors (Lipinski definition) is 4. The Bertz CT molecular complexity index is 486. The van der Waals surface area contributed by atoms with Gasteiger partial charge in [-0.2, -0.15) is 0 Å². The predicted octanol–water partition coefficient (Wildman–Crippen LogP) is 0.574. The molecule has 1 fully saturated rings. The molecule has 0 aliphatic carbocycles. The topological polar surface area (TPSA) is 53.6 Å². The van der Waals surface area contributed by atoms with Crippen LogP contribution < -0.4 is 15.4 Å². The van der Waals surface area contributed by atoms with Crippen LogP contribution in [0.5, 0.6) is 5.75 Å². The van der Waals surface area contributed by atoms with Crippen molar-refractivity contribution in [2.45, 2.75) is 12.3 Å². The Morgan fingerprint density at radius 2 is 2.14 bits per heavy atom. The number of piperazine rings is 1. The maximum absolute atomic E-state index is 12.2. The van der Waals surface area contributed by atoms with Crippen molar-refractivity contribution in [3.8, 4) is 5.75 Å². The lowest BCUT2D eigenvalue weighted by molar-refractivity contribution is -0.122. The van der Waals surface area contributed by atoms with E-state index in [1.165, 1.54) is 0 Å². The molecule has 21 heavy (non-hydrogen) atoms. The molecule has 2 N–H and O–H groups in total. The van der Waals surface area contributed by atoms with E-state index < -0.39 is 0 Å². The summed E-state index contributed by atoms with van der Waals surface area (Å²) < 4.78 is 5.56. The average Bonchev–Trinajstić information content (AvgIpc) is 2.96. The molecule has 2 aliphatic rings. The van der Waals surface area contributed by atoms with Crippen molar-refractivity contribution in [2.75, 3.05) is 45.9 Å². The molecule has 5 nitrogen and oxygen atoms in total. The van der Waals surface area contributed by atoms with Crippen molar-refractivity contribution in [3.05, 3.63) is 29.8 Å². The molecule has 1 amide bonds. The van der Waals surface area contributed by atoms with Gasteiger partial charge in [-0.25, -0.2) is 0 Å². The number of amides is 1. The van der Waals surface area contributed by atoms with Gasteiger partial charge in [-0.15, -0.1) is 0 Å². The Balaban J connectivity index is 1.41. The van der Waals surface area contributed by atoms with Gasteiger partial charge in [0.15, 0.2) is 0 Å². The maximum atomic E-state index is 12.2. The van der Waals surface area contributed by atoms with Gasteiger partial charge in [-0.05, 0) is 19.0 Å². The summed E-state index contributed by atoms with van der Waals surface area (Å²) in [6, 6.07) is 7.80. The van der Waals surface area contributed by atoms with Gasteiger partial charge in [0.25, 0.3) is 0 Å². The molecule has 2 heterocycles. The molecule has 0 spiro atoms. The van der Waals surface area contributed by atoms with E-state index in [9.17, 15) is 4.79 Å². The third-order valence-corrected chi connectivity index (χ3v) is 4.18. The molecule has 0 radical (unpaired) electrons. The van der Waals surface area contributed by atoms with Gasteiger partial charge >= 0.3 is 0 Å². The maximum Gasteiger partial charge on any atom is 0.231 e. The van der Waals surface area contributed by atoms with Gasteiger partial charge in [-0.3, -0.25) is 4.79 Å². The summed E-state index contributed by atoms with van der Waals surface area (Å²) >= 11 is 0. The smallest absolute Gasteiger partial charge is 0.231 e. The molecule has 1 aromatic rings. The number of nitrogens with one attached hydrogen (secondary N) is 2. The van der Waals surface area contributed by atoms with Crippen molar-refractivity contribution < 1.29 is 9.53 Å². The van der Waals surface area contributed by atoms with Crippen LogP contribution in [-0.2, 0) is 4.79 Å². The van der Waals surface area contributed by atoms with Crippen molar-refractivity contribution >= 4 is 5.91 Å². The first-order valence-corrected chi connectivity index (χ1v) is 7.77. The van der Waals surface area contributed by atoms with Gasteiger partial charge in [0.1, 0.15) is 18.3 Å². The molecular formula is C16H23N3O2. The minimum Gasteiger partial charge on any atom is -0.492 e. The first-order chi connectivity index (χ1) is 10.3. The number of carbonyl (C=O) groups excluding carboxylic acids is 1. The zero-order valence-corrected chi connectivity index (χ0v) is 12.3. The van der Waals surface area contributed by atoms with Gasteiger partial charge in [-0.1, -0.05) is 18.2 Å². The highest BCUT2D eigenvalue weighted by Crippen LogP contribution is 2.33. The zero-order valence-electron chi connectivity index (χ0n) is 12.3. The van der Waals surface area contributed by atoms with Crippen LogP contribution >= 0.6 is 0 Å². The zero-order chi connectivity index (χ0) is 14.5. The monoisotopic (exact) mass is 289 g/mol. The van der Waals surface area contributed by atoms with Gasteiger partial charge < -0.3 is 20.3 Å². The Labute approximate surface area is 125 Å². The van der Waals surface area contributed by atoms with E-state index in [0.29, 0.717) is 6.61 Å². The molecular weight excluding hydrogens is 266 g/mol. The predicted molar refractivity (Wildman–Crippen MR) is 81.6 cm³/mol. The van der Waals surface area contributed by atoms with Crippen molar-refractivity contribution in [3.63, 3.8) is 0 Å². The Morgan fingerprint density at radius 1 is 1.33 bits per heavy atom. The Kier molecular flexibility index (Phi) is 4.72. The average molecular weight is 289 g/mol. The van der Waals surface area contributed by atoms with Crippen LogP contribution in [0.3, 0.4) is 0 Å². The number of benzene rings is 1. The summed E-state index contributed by atoms with van der Waals surface area (Å²) in [6.45, 7) is 6.62. The van der Waals surface area contributed by atoms with Gasteiger partial charge in [0.05, 0.1) is 0 Å².